The molecule has 2 rings (SSSR count). The third-order valence-corrected chi connectivity index (χ3v) is 4.88. The molecule has 148 valence electrons. The van der Waals surface area contributed by atoms with Crippen molar-refractivity contribution >= 4 is 23.4 Å². The first-order valence-electron chi connectivity index (χ1n) is 9.94. The van der Waals surface area contributed by atoms with Gasteiger partial charge in [0.15, 0.2) is 0 Å². The molecule has 0 saturated carbocycles. The summed E-state index contributed by atoms with van der Waals surface area (Å²) >= 11 is 0. The van der Waals surface area contributed by atoms with Gasteiger partial charge in [-0.15, -0.1) is 0 Å². The van der Waals surface area contributed by atoms with Crippen LogP contribution in [0.3, 0.4) is 0 Å². The van der Waals surface area contributed by atoms with Crippen LogP contribution in [0, 0.1) is 5.92 Å². The number of unbranched alkanes of at least 4 members (excludes halogenated alkanes) is 1. The maximum Gasteiger partial charge on any atom is 0.251 e. The number of amides is 3. The summed E-state index contributed by atoms with van der Waals surface area (Å²) in [5.74, 6) is -0.512. The van der Waals surface area contributed by atoms with Crippen molar-refractivity contribution in [2.75, 3.05) is 18.4 Å². The fraction of sp³-hybridized carbons (Fsp3) is 0.571. The number of benzene rings is 1. The molecule has 2 atom stereocenters. The van der Waals surface area contributed by atoms with Crippen LogP contribution < -0.4 is 10.6 Å². The van der Waals surface area contributed by atoms with E-state index in [9.17, 15) is 14.4 Å². The zero-order valence-corrected chi connectivity index (χ0v) is 16.6. The summed E-state index contributed by atoms with van der Waals surface area (Å²) in [7, 11) is 0. The largest absolute Gasteiger partial charge is 0.350 e. The lowest BCUT2D eigenvalue weighted by Gasteiger charge is -2.16. The summed E-state index contributed by atoms with van der Waals surface area (Å²) in [5, 5.41) is 5.82. The van der Waals surface area contributed by atoms with E-state index in [4.69, 9.17) is 0 Å². The molecule has 0 aliphatic carbocycles. The minimum Gasteiger partial charge on any atom is -0.350 e. The summed E-state index contributed by atoms with van der Waals surface area (Å²) in [5.41, 5.74) is 1.20. The molecular weight excluding hydrogens is 342 g/mol. The Bertz CT molecular complexity index is 657. The normalized spacial score (nSPS) is 17.7. The number of nitrogens with one attached hydrogen (secondary N) is 2. The van der Waals surface area contributed by atoms with E-state index in [1.165, 1.54) is 0 Å². The second-order valence-electron chi connectivity index (χ2n) is 7.32. The summed E-state index contributed by atoms with van der Waals surface area (Å²) in [6, 6.07) is 7.00. The molecule has 27 heavy (non-hydrogen) atoms. The Morgan fingerprint density at radius 1 is 1.19 bits per heavy atom. The molecule has 1 aromatic carbocycles. The summed E-state index contributed by atoms with van der Waals surface area (Å²) in [6.45, 7) is 7.36. The van der Waals surface area contributed by atoms with E-state index in [0.29, 0.717) is 17.8 Å². The van der Waals surface area contributed by atoms with Crippen molar-refractivity contribution in [1.82, 2.24) is 10.2 Å². The van der Waals surface area contributed by atoms with Gasteiger partial charge in [-0.25, -0.2) is 0 Å². The van der Waals surface area contributed by atoms with Crippen molar-refractivity contribution in [3.63, 3.8) is 0 Å². The molecule has 0 spiro atoms. The molecule has 3 amide bonds. The first kappa shape index (κ1) is 20.9. The highest BCUT2D eigenvalue weighted by molar-refractivity contribution is 5.98. The number of rotatable bonds is 9. The highest BCUT2D eigenvalue weighted by Crippen LogP contribution is 2.20. The fourth-order valence-corrected chi connectivity index (χ4v) is 3.27. The smallest absolute Gasteiger partial charge is 0.251 e. The van der Waals surface area contributed by atoms with Gasteiger partial charge < -0.3 is 15.5 Å². The third kappa shape index (κ3) is 6.08. The molecule has 6 nitrogen and oxygen atoms in total. The fourth-order valence-electron chi connectivity index (χ4n) is 3.27. The van der Waals surface area contributed by atoms with Gasteiger partial charge in [0, 0.05) is 36.8 Å². The number of nitrogens with zero attached hydrogens (tertiary/aromatic N) is 1. The second-order valence-corrected chi connectivity index (χ2v) is 7.32. The van der Waals surface area contributed by atoms with Crippen LogP contribution in [0.2, 0.25) is 0 Å². The molecule has 0 radical (unpaired) electrons. The van der Waals surface area contributed by atoms with Crippen molar-refractivity contribution < 1.29 is 14.4 Å². The quantitative estimate of drug-likeness (QED) is 0.698. The summed E-state index contributed by atoms with van der Waals surface area (Å²) < 4.78 is 0. The third-order valence-electron chi connectivity index (χ3n) is 4.88. The van der Waals surface area contributed by atoms with Crippen LogP contribution in [-0.4, -0.2) is 41.8 Å². The predicted molar refractivity (Wildman–Crippen MR) is 107 cm³/mol. The lowest BCUT2D eigenvalue weighted by molar-refractivity contribution is -0.128. The van der Waals surface area contributed by atoms with Gasteiger partial charge in [0.2, 0.25) is 11.8 Å². The number of carbonyl (C=O) groups is 3. The molecule has 1 fully saturated rings. The van der Waals surface area contributed by atoms with E-state index in [1.807, 2.05) is 6.92 Å². The monoisotopic (exact) mass is 373 g/mol. The average molecular weight is 373 g/mol. The van der Waals surface area contributed by atoms with Crippen LogP contribution in [0.25, 0.3) is 0 Å². The van der Waals surface area contributed by atoms with Crippen LogP contribution >= 0.6 is 0 Å². The molecule has 2 N–H and O–H groups in total. The SMILES string of the molecule is CCCCN1CC(C(=O)Nc2ccc(C(=O)NC(C)CCC)cc2)CC1=O. The first-order chi connectivity index (χ1) is 12.9. The first-order valence-corrected chi connectivity index (χ1v) is 9.94. The highest BCUT2D eigenvalue weighted by atomic mass is 16.2. The lowest BCUT2D eigenvalue weighted by Crippen LogP contribution is -2.32. The van der Waals surface area contributed by atoms with Gasteiger partial charge >= 0.3 is 0 Å². The Balaban J connectivity index is 1.88. The Morgan fingerprint density at radius 2 is 1.89 bits per heavy atom. The molecule has 1 aliphatic heterocycles. The van der Waals surface area contributed by atoms with Crippen molar-refractivity contribution in [2.45, 2.75) is 58.9 Å². The summed E-state index contributed by atoms with van der Waals surface area (Å²) in [4.78, 5) is 38.4. The number of hydrogen-bond donors (Lipinski definition) is 2. The van der Waals surface area contributed by atoms with Gasteiger partial charge in [-0.1, -0.05) is 26.7 Å². The number of anilines is 1. The molecular formula is C21H31N3O3. The number of hydrogen-bond acceptors (Lipinski definition) is 3. The molecule has 1 aliphatic rings. The van der Waals surface area contributed by atoms with Crippen molar-refractivity contribution in [3.8, 4) is 0 Å². The van der Waals surface area contributed by atoms with Crippen molar-refractivity contribution in [2.24, 2.45) is 5.92 Å². The minimum absolute atomic E-state index is 0.0526. The van der Waals surface area contributed by atoms with E-state index in [2.05, 4.69) is 24.5 Å². The van der Waals surface area contributed by atoms with Crippen LogP contribution in [0.4, 0.5) is 5.69 Å². The van der Waals surface area contributed by atoms with Crippen molar-refractivity contribution in [3.05, 3.63) is 29.8 Å². The minimum atomic E-state index is -0.313. The molecule has 1 saturated heterocycles. The Labute approximate surface area is 161 Å². The van der Waals surface area contributed by atoms with Crippen LogP contribution in [-0.2, 0) is 9.59 Å². The Kier molecular flexibility index (Phi) is 7.82. The molecule has 6 heteroatoms. The van der Waals surface area contributed by atoms with Gasteiger partial charge in [-0.05, 0) is 44.0 Å². The second kappa shape index (κ2) is 10.1. The zero-order valence-electron chi connectivity index (χ0n) is 16.6. The van der Waals surface area contributed by atoms with E-state index in [0.717, 1.165) is 32.2 Å². The van der Waals surface area contributed by atoms with Crippen molar-refractivity contribution in [1.29, 1.82) is 0 Å². The van der Waals surface area contributed by atoms with E-state index in [1.54, 1.807) is 29.2 Å². The maximum absolute atomic E-state index is 12.4. The average Bonchev–Trinajstić information content (AvgIpc) is 3.01. The summed E-state index contributed by atoms with van der Waals surface area (Å²) in [6.07, 6.45) is 4.21. The van der Waals surface area contributed by atoms with Crippen LogP contribution in [0.1, 0.15) is 63.2 Å². The van der Waals surface area contributed by atoms with Gasteiger partial charge in [0.1, 0.15) is 0 Å². The lowest BCUT2D eigenvalue weighted by atomic mass is 10.1. The molecule has 1 aromatic rings. The highest BCUT2D eigenvalue weighted by Gasteiger charge is 2.33. The standard InChI is InChI=1S/C21H31N3O3/c1-4-6-12-24-14-17(13-19(24)25)21(27)23-18-10-8-16(9-11-18)20(26)22-15(3)7-5-2/h8-11,15,17H,4-7,12-14H2,1-3H3,(H,22,26)(H,23,27). The van der Waals surface area contributed by atoms with Crippen LogP contribution in [0.15, 0.2) is 24.3 Å². The van der Waals surface area contributed by atoms with E-state index in [-0.39, 0.29) is 36.1 Å². The van der Waals surface area contributed by atoms with E-state index < -0.39 is 0 Å². The maximum atomic E-state index is 12.4. The van der Waals surface area contributed by atoms with Crippen LogP contribution in [0.5, 0.6) is 0 Å². The zero-order chi connectivity index (χ0) is 19.8. The van der Waals surface area contributed by atoms with E-state index >= 15 is 0 Å². The van der Waals surface area contributed by atoms with Gasteiger partial charge in [0.25, 0.3) is 5.91 Å². The van der Waals surface area contributed by atoms with Gasteiger partial charge in [-0.3, -0.25) is 14.4 Å². The number of likely N-dealkylation sites (tertiary alicyclic amines) is 1. The number of carbonyl (C=O) groups excluding carboxylic acids is 3. The van der Waals surface area contributed by atoms with Gasteiger partial charge in [0.05, 0.1) is 5.92 Å². The molecule has 1 heterocycles. The topological polar surface area (TPSA) is 78.5 Å². The predicted octanol–water partition coefficient (Wildman–Crippen LogP) is 3.19. The Hall–Kier alpha value is -2.37. The molecule has 0 bridgehead atoms. The van der Waals surface area contributed by atoms with Gasteiger partial charge in [-0.2, -0.15) is 0 Å². The molecule has 2 unspecified atom stereocenters. The Morgan fingerprint density at radius 3 is 2.52 bits per heavy atom. The molecule has 0 aromatic heterocycles.